The Kier molecular flexibility index (Phi) is 5.90. The highest BCUT2D eigenvalue weighted by Crippen LogP contribution is 2.27. The third-order valence-corrected chi connectivity index (χ3v) is 4.69. The van der Waals surface area contributed by atoms with Gasteiger partial charge in [-0.05, 0) is 65.2 Å². The number of esters is 1. The van der Waals surface area contributed by atoms with E-state index in [4.69, 9.17) is 4.74 Å². The summed E-state index contributed by atoms with van der Waals surface area (Å²) in [5.74, 6) is -0.593. The zero-order chi connectivity index (χ0) is 19.6. The highest BCUT2D eigenvalue weighted by molar-refractivity contribution is 6.09. The van der Waals surface area contributed by atoms with Crippen LogP contribution in [0.4, 0.5) is 5.69 Å². The number of rotatable bonds is 5. The van der Waals surface area contributed by atoms with Gasteiger partial charge in [0.15, 0.2) is 0 Å². The average Bonchev–Trinajstić information content (AvgIpc) is 2.81. The van der Waals surface area contributed by atoms with Crippen LogP contribution in [0.5, 0.6) is 0 Å². The maximum absolute atomic E-state index is 13.0. The predicted molar refractivity (Wildman–Crippen MR) is 104 cm³/mol. The summed E-state index contributed by atoms with van der Waals surface area (Å²) in [5.41, 5.74) is 6.44. The molecule has 1 amide bonds. The van der Waals surface area contributed by atoms with Crippen molar-refractivity contribution in [1.29, 1.82) is 0 Å². The van der Waals surface area contributed by atoms with Crippen molar-refractivity contribution in [3.8, 4) is 0 Å². The standard InChI is InChI=1S/C21H28N2O3/c1-8-23-16(7)17(15(6)19(23)21(25)26-9-2)20(24)22-18-13(4)10-12(3)11-14(18)5/h10-11H,8-9H2,1-7H3,(H,22,24). The Morgan fingerprint density at radius 3 is 2.12 bits per heavy atom. The van der Waals surface area contributed by atoms with Gasteiger partial charge in [0, 0.05) is 17.9 Å². The van der Waals surface area contributed by atoms with E-state index in [2.05, 4.69) is 5.32 Å². The maximum Gasteiger partial charge on any atom is 0.355 e. The number of carbonyl (C=O) groups is 2. The third-order valence-electron chi connectivity index (χ3n) is 4.69. The molecule has 0 spiro atoms. The normalized spacial score (nSPS) is 10.7. The first-order valence-corrected chi connectivity index (χ1v) is 8.98. The number of benzene rings is 1. The van der Waals surface area contributed by atoms with Gasteiger partial charge in [-0.2, -0.15) is 0 Å². The molecule has 0 atom stereocenters. The molecule has 26 heavy (non-hydrogen) atoms. The second kappa shape index (κ2) is 7.77. The van der Waals surface area contributed by atoms with E-state index in [-0.39, 0.29) is 5.91 Å². The molecule has 140 valence electrons. The minimum Gasteiger partial charge on any atom is -0.461 e. The SMILES string of the molecule is CCOC(=O)c1c(C)c(C(=O)Nc2c(C)cc(C)cc2C)c(C)n1CC. The summed E-state index contributed by atoms with van der Waals surface area (Å²) in [6, 6.07) is 4.09. The lowest BCUT2D eigenvalue weighted by Gasteiger charge is -2.13. The second-order valence-corrected chi connectivity index (χ2v) is 6.63. The van der Waals surface area contributed by atoms with E-state index < -0.39 is 5.97 Å². The maximum atomic E-state index is 13.0. The van der Waals surface area contributed by atoms with Crippen LogP contribution in [0.15, 0.2) is 12.1 Å². The van der Waals surface area contributed by atoms with Gasteiger partial charge < -0.3 is 14.6 Å². The Morgan fingerprint density at radius 1 is 1.04 bits per heavy atom. The zero-order valence-corrected chi connectivity index (χ0v) is 16.7. The fourth-order valence-electron chi connectivity index (χ4n) is 3.64. The molecule has 1 heterocycles. The van der Waals surface area contributed by atoms with E-state index >= 15 is 0 Å². The molecule has 0 bridgehead atoms. The van der Waals surface area contributed by atoms with Gasteiger partial charge in [-0.1, -0.05) is 17.7 Å². The topological polar surface area (TPSA) is 60.3 Å². The third kappa shape index (κ3) is 3.52. The predicted octanol–water partition coefficient (Wildman–Crippen LogP) is 4.48. The van der Waals surface area contributed by atoms with E-state index in [1.54, 1.807) is 13.8 Å². The van der Waals surface area contributed by atoms with E-state index in [1.807, 2.05) is 51.3 Å². The highest BCUT2D eigenvalue weighted by atomic mass is 16.5. The molecule has 0 aliphatic rings. The van der Waals surface area contributed by atoms with Gasteiger partial charge in [0.05, 0.1) is 12.2 Å². The van der Waals surface area contributed by atoms with Crippen LogP contribution in [0, 0.1) is 34.6 Å². The monoisotopic (exact) mass is 356 g/mol. The molecular weight excluding hydrogens is 328 g/mol. The lowest BCUT2D eigenvalue weighted by molar-refractivity contribution is 0.0512. The van der Waals surface area contributed by atoms with Crippen LogP contribution < -0.4 is 5.32 Å². The number of aryl methyl sites for hydroxylation is 3. The van der Waals surface area contributed by atoms with Gasteiger partial charge >= 0.3 is 5.97 Å². The zero-order valence-electron chi connectivity index (χ0n) is 16.7. The first-order valence-electron chi connectivity index (χ1n) is 8.98. The molecule has 0 aliphatic heterocycles. The smallest absolute Gasteiger partial charge is 0.355 e. The number of ether oxygens (including phenoxy) is 1. The van der Waals surface area contributed by atoms with Crippen LogP contribution in [-0.4, -0.2) is 23.1 Å². The summed E-state index contributed by atoms with van der Waals surface area (Å²) in [6.45, 7) is 14.3. The van der Waals surface area contributed by atoms with Crippen molar-refractivity contribution in [3.63, 3.8) is 0 Å². The van der Waals surface area contributed by atoms with E-state index in [0.29, 0.717) is 30.0 Å². The van der Waals surface area contributed by atoms with Crippen molar-refractivity contribution < 1.29 is 14.3 Å². The number of nitrogens with zero attached hydrogens (tertiary/aromatic N) is 1. The molecule has 5 nitrogen and oxygen atoms in total. The van der Waals surface area contributed by atoms with Crippen LogP contribution in [0.25, 0.3) is 0 Å². The van der Waals surface area contributed by atoms with Crippen molar-refractivity contribution in [2.75, 3.05) is 11.9 Å². The van der Waals surface area contributed by atoms with Crippen molar-refractivity contribution in [2.24, 2.45) is 0 Å². The van der Waals surface area contributed by atoms with Crippen LogP contribution in [0.2, 0.25) is 0 Å². The Hall–Kier alpha value is -2.56. The second-order valence-electron chi connectivity index (χ2n) is 6.63. The van der Waals surface area contributed by atoms with E-state index in [9.17, 15) is 9.59 Å². The van der Waals surface area contributed by atoms with Crippen LogP contribution in [0.1, 0.15) is 62.6 Å². The Balaban J connectivity index is 2.49. The first kappa shape index (κ1) is 19.8. The van der Waals surface area contributed by atoms with Crippen LogP contribution >= 0.6 is 0 Å². The van der Waals surface area contributed by atoms with Crippen molar-refractivity contribution in [1.82, 2.24) is 4.57 Å². The minimum absolute atomic E-state index is 0.201. The van der Waals surface area contributed by atoms with Crippen molar-refractivity contribution in [3.05, 3.63) is 51.3 Å². The minimum atomic E-state index is -0.392. The molecule has 0 saturated heterocycles. The molecule has 0 fully saturated rings. The van der Waals surface area contributed by atoms with E-state index in [1.165, 1.54) is 0 Å². The van der Waals surface area contributed by atoms with Gasteiger partial charge in [0.25, 0.3) is 5.91 Å². The quantitative estimate of drug-likeness (QED) is 0.804. The molecule has 1 N–H and O–H groups in total. The molecule has 0 unspecified atom stereocenters. The summed E-state index contributed by atoms with van der Waals surface area (Å²) in [5, 5.41) is 3.03. The summed E-state index contributed by atoms with van der Waals surface area (Å²) < 4.78 is 7.02. The molecule has 0 aliphatic carbocycles. The molecular formula is C21H28N2O3. The molecule has 0 saturated carbocycles. The molecule has 1 aromatic carbocycles. The van der Waals surface area contributed by atoms with Crippen LogP contribution in [0.3, 0.4) is 0 Å². The van der Waals surface area contributed by atoms with Crippen molar-refractivity contribution in [2.45, 2.75) is 55.0 Å². The van der Waals surface area contributed by atoms with Crippen molar-refractivity contribution >= 4 is 17.6 Å². The number of anilines is 1. The Labute approximate surface area is 155 Å². The average molecular weight is 356 g/mol. The summed E-state index contributed by atoms with van der Waals surface area (Å²) in [4.78, 5) is 25.4. The summed E-state index contributed by atoms with van der Waals surface area (Å²) in [6.07, 6.45) is 0. The van der Waals surface area contributed by atoms with Gasteiger partial charge in [-0.25, -0.2) is 4.79 Å². The number of carbonyl (C=O) groups excluding carboxylic acids is 2. The molecule has 2 rings (SSSR count). The Morgan fingerprint density at radius 2 is 1.62 bits per heavy atom. The molecule has 0 radical (unpaired) electrons. The summed E-state index contributed by atoms with van der Waals surface area (Å²) >= 11 is 0. The van der Waals surface area contributed by atoms with Crippen LogP contribution in [-0.2, 0) is 11.3 Å². The fraction of sp³-hybridized carbons (Fsp3) is 0.429. The van der Waals surface area contributed by atoms with Gasteiger partial charge in [-0.3, -0.25) is 4.79 Å². The number of hydrogen-bond donors (Lipinski definition) is 1. The fourth-order valence-corrected chi connectivity index (χ4v) is 3.64. The first-order chi connectivity index (χ1) is 12.2. The van der Waals surface area contributed by atoms with Gasteiger partial charge in [0.1, 0.15) is 5.69 Å². The summed E-state index contributed by atoms with van der Waals surface area (Å²) in [7, 11) is 0. The van der Waals surface area contributed by atoms with Gasteiger partial charge in [0.2, 0.25) is 0 Å². The number of nitrogens with one attached hydrogen (secondary N) is 1. The number of hydrogen-bond acceptors (Lipinski definition) is 3. The number of aromatic nitrogens is 1. The molecule has 1 aromatic heterocycles. The lowest BCUT2D eigenvalue weighted by Crippen LogP contribution is -2.16. The lowest BCUT2D eigenvalue weighted by atomic mass is 10.0. The molecule has 2 aromatic rings. The number of amides is 1. The molecule has 5 heteroatoms. The Bertz CT molecular complexity index is 840. The van der Waals surface area contributed by atoms with E-state index in [0.717, 1.165) is 28.1 Å². The largest absolute Gasteiger partial charge is 0.461 e. The van der Waals surface area contributed by atoms with Gasteiger partial charge in [-0.15, -0.1) is 0 Å². The highest BCUT2D eigenvalue weighted by Gasteiger charge is 2.27.